The van der Waals surface area contributed by atoms with E-state index < -0.39 is 17.6 Å². The van der Waals surface area contributed by atoms with E-state index >= 15 is 0 Å². The molecule has 0 aliphatic carbocycles. The van der Waals surface area contributed by atoms with Crippen LogP contribution in [0.1, 0.15) is 22.3 Å². The summed E-state index contributed by atoms with van der Waals surface area (Å²) in [6, 6.07) is 7.38. The first-order valence-electron chi connectivity index (χ1n) is 7.45. The van der Waals surface area contributed by atoms with Gasteiger partial charge in [0.25, 0.3) is 5.91 Å². The smallest absolute Gasteiger partial charge is 0.417 e. The molecular formula is C18H17BrF3NO2. The Bertz CT molecular complexity index is 780. The molecule has 0 radical (unpaired) electrons. The average molecular weight is 416 g/mol. The van der Waals surface area contributed by atoms with Crippen LogP contribution in [0.25, 0.3) is 0 Å². The van der Waals surface area contributed by atoms with E-state index in [1.54, 1.807) is 0 Å². The molecule has 0 unspecified atom stereocenters. The summed E-state index contributed by atoms with van der Waals surface area (Å²) in [7, 11) is 0. The molecule has 2 aromatic rings. The average Bonchev–Trinajstić information content (AvgIpc) is 2.47. The Morgan fingerprint density at radius 2 is 1.72 bits per heavy atom. The summed E-state index contributed by atoms with van der Waals surface area (Å²) in [5.74, 6) is 0.0716. The van der Waals surface area contributed by atoms with Crippen molar-refractivity contribution in [1.29, 1.82) is 0 Å². The first kappa shape index (κ1) is 19.3. The molecule has 0 fully saturated rings. The Hall–Kier alpha value is -2.02. The molecule has 0 aliphatic heterocycles. The second-order valence-electron chi connectivity index (χ2n) is 5.76. The van der Waals surface area contributed by atoms with Gasteiger partial charge in [-0.05, 0) is 50.1 Å². The third kappa shape index (κ3) is 4.98. The van der Waals surface area contributed by atoms with Gasteiger partial charge in [0.1, 0.15) is 5.75 Å². The lowest BCUT2D eigenvalue weighted by atomic mass is 10.1. The Labute approximate surface area is 152 Å². The lowest BCUT2D eigenvalue weighted by Crippen LogP contribution is -2.21. The number of benzene rings is 2. The SMILES string of the molecule is Cc1cc(C)c(OCC(=O)Nc2ccc(Br)c(C(F)(F)F)c2)c(C)c1. The summed E-state index contributed by atoms with van der Waals surface area (Å²) in [5.41, 5.74) is 2.08. The molecule has 0 heterocycles. The minimum Gasteiger partial charge on any atom is -0.483 e. The monoisotopic (exact) mass is 415 g/mol. The van der Waals surface area contributed by atoms with Crippen molar-refractivity contribution in [1.82, 2.24) is 0 Å². The highest BCUT2D eigenvalue weighted by molar-refractivity contribution is 9.10. The zero-order chi connectivity index (χ0) is 18.8. The zero-order valence-corrected chi connectivity index (χ0v) is 15.5. The molecular weight excluding hydrogens is 399 g/mol. The number of ether oxygens (including phenoxy) is 1. The Morgan fingerprint density at radius 3 is 2.28 bits per heavy atom. The predicted octanol–water partition coefficient (Wildman–Crippen LogP) is 5.41. The van der Waals surface area contributed by atoms with Crippen LogP contribution in [0.5, 0.6) is 5.75 Å². The van der Waals surface area contributed by atoms with Crippen molar-refractivity contribution in [2.75, 3.05) is 11.9 Å². The van der Waals surface area contributed by atoms with Crippen molar-refractivity contribution in [2.45, 2.75) is 26.9 Å². The highest BCUT2D eigenvalue weighted by Crippen LogP contribution is 2.36. The molecule has 1 N–H and O–H groups in total. The van der Waals surface area contributed by atoms with Gasteiger partial charge in [-0.2, -0.15) is 13.2 Å². The standard InChI is InChI=1S/C18H17BrF3NO2/c1-10-6-11(2)17(12(3)7-10)25-9-16(24)23-13-4-5-15(19)14(8-13)18(20,21)22/h4-8H,9H2,1-3H3,(H,23,24). The van der Waals surface area contributed by atoms with Crippen LogP contribution >= 0.6 is 15.9 Å². The first-order valence-corrected chi connectivity index (χ1v) is 8.24. The van der Waals surface area contributed by atoms with E-state index in [9.17, 15) is 18.0 Å². The predicted molar refractivity (Wildman–Crippen MR) is 93.9 cm³/mol. The van der Waals surface area contributed by atoms with Gasteiger partial charge in [-0.15, -0.1) is 0 Å². The number of halogens is 4. The van der Waals surface area contributed by atoms with Gasteiger partial charge in [-0.25, -0.2) is 0 Å². The molecule has 0 atom stereocenters. The number of rotatable bonds is 4. The summed E-state index contributed by atoms with van der Waals surface area (Å²) >= 11 is 2.86. The molecule has 2 aromatic carbocycles. The fraction of sp³-hybridized carbons (Fsp3) is 0.278. The summed E-state index contributed by atoms with van der Waals surface area (Å²) in [4.78, 5) is 12.0. The van der Waals surface area contributed by atoms with Crippen LogP contribution in [0.2, 0.25) is 0 Å². The lowest BCUT2D eigenvalue weighted by Gasteiger charge is -2.14. The summed E-state index contributed by atoms with van der Waals surface area (Å²) in [6.07, 6.45) is -4.51. The van der Waals surface area contributed by atoms with Gasteiger partial charge < -0.3 is 10.1 Å². The number of nitrogens with one attached hydrogen (secondary N) is 1. The van der Waals surface area contributed by atoms with Crippen molar-refractivity contribution in [3.8, 4) is 5.75 Å². The summed E-state index contributed by atoms with van der Waals surface area (Å²) in [5, 5.41) is 2.42. The normalized spacial score (nSPS) is 11.3. The number of hydrogen-bond acceptors (Lipinski definition) is 2. The van der Waals surface area contributed by atoms with E-state index in [2.05, 4.69) is 21.2 Å². The van der Waals surface area contributed by atoms with E-state index in [1.165, 1.54) is 12.1 Å². The molecule has 0 saturated carbocycles. The fourth-order valence-electron chi connectivity index (χ4n) is 2.55. The van der Waals surface area contributed by atoms with Crippen LogP contribution in [0.15, 0.2) is 34.8 Å². The number of aryl methyl sites for hydroxylation is 3. The van der Waals surface area contributed by atoms with Crippen molar-refractivity contribution >= 4 is 27.5 Å². The number of amides is 1. The topological polar surface area (TPSA) is 38.3 Å². The minimum absolute atomic E-state index is 0.0569. The molecule has 0 aliphatic rings. The highest BCUT2D eigenvalue weighted by Gasteiger charge is 2.33. The van der Waals surface area contributed by atoms with Crippen LogP contribution in [0.4, 0.5) is 18.9 Å². The maximum Gasteiger partial charge on any atom is 0.417 e. The van der Waals surface area contributed by atoms with Gasteiger partial charge in [-0.3, -0.25) is 4.79 Å². The number of anilines is 1. The molecule has 25 heavy (non-hydrogen) atoms. The van der Waals surface area contributed by atoms with Gasteiger partial charge in [0.05, 0.1) is 5.56 Å². The molecule has 0 aromatic heterocycles. The minimum atomic E-state index is -4.51. The maximum absolute atomic E-state index is 12.9. The molecule has 7 heteroatoms. The highest BCUT2D eigenvalue weighted by atomic mass is 79.9. The lowest BCUT2D eigenvalue weighted by molar-refractivity contribution is -0.138. The molecule has 0 spiro atoms. The molecule has 2 rings (SSSR count). The van der Waals surface area contributed by atoms with Gasteiger partial charge in [0.2, 0.25) is 0 Å². The first-order chi connectivity index (χ1) is 11.6. The Kier molecular flexibility index (Phi) is 5.77. The van der Waals surface area contributed by atoms with Gasteiger partial charge >= 0.3 is 6.18 Å². The molecule has 0 bridgehead atoms. The van der Waals surface area contributed by atoms with Crippen LogP contribution in [0, 0.1) is 20.8 Å². The molecule has 134 valence electrons. The third-order valence-electron chi connectivity index (χ3n) is 3.51. The summed E-state index contributed by atoms with van der Waals surface area (Å²) < 4.78 is 44.1. The number of alkyl halides is 3. The van der Waals surface area contributed by atoms with Crippen molar-refractivity contribution < 1.29 is 22.7 Å². The van der Waals surface area contributed by atoms with E-state index in [0.29, 0.717) is 5.75 Å². The van der Waals surface area contributed by atoms with Crippen molar-refractivity contribution in [3.05, 3.63) is 57.1 Å². The molecule has 0 saturated heterocycles. The van der Waals surface area contributed by atoms with Gasteiger partial charge in [0, 0.05) is 10.2 Å². The maximum atomic E-state index is 12.9. The fourth-order valence-corrected chi connectivity index (χ4v) is 3.02. The van der Waals surface area contributed by atoms with Gasteiger partial charge in [0.15, 0.2) is 6.61 Å². The van der Waals surface area contributed by atoms with Crippen LogP contribution in [-0.2, 0) is 11.0 Å². The quantitative estimate of drug-likeness (QED) is 0.724. The third-order valence-corrected chi connectivity index (χ3v) is 4.20. The largest absolute Gasteiger partial charge is 0.483 e. The number of carbonyl (C=O) groups excluding carboxylic acids is 1. The zero-order valence-electron chi connectivity index (χ0n) is 13.9. The van der Waals surface area contributed by atoms with Crippen molar-refractivity contribution in [3.63, 3.8) is 0 Å². The van der Waals surface area contributed by atoms with E-state index in [1.807, 2.05) is 32.9 Å². The Balaban J connectivity index is 2.07. The second-order valence-corrected chi connectivity index (χ2v) is 6.61. The van der Waals surface area contributed by atoms with E-state index in [-0.39, 0.29) is 16.8 Å². The molecule has 3 nitrogen and oxygen atoms in total. The van der Waals surface area contributed by atoms with Crippen LogP contribution in [-0.4, -0.2) is 12.5 Å². The molecule has 1 amide bonds. The van der Waals surface area contributed by atoms with Crippen molar-refractivity contribution in [2.24, 2.45) is 0 Å². The number of carbonyl (C=O) groups is 1. The Morgan fingerprint density at radius 1 is 1.12 bits per heavy atom. The van der Waals surface area contributed by atoms with Gasteiger partial charge in [-0.1, -0.05) is 33.6 Å². The van der Waals surface area contributed by atoms with Crippen LogP contribution in [0.3, 0.4) is 0 Å². The second kappa shape index (κ2) is 7.47. The van der Waals surface area contributed by atoms with Crippen LogP contribution < -0.4 is 10.1 Å². The van der Waals surface area contributed by atoms with E-state index in [4.69, 9.17) is 4.74 Å². The summed E-state index contributed by atoms with van der Waals surface area (Å²) in [6.45, 7) is 5.42. The number of hydrogen-bond donors (Lipinski definition) is 1. The van der Waals surface area contributed by atoms with E-state index in [0.717, 1.165) is 22.8 Å².